The summed E-state index contributed by atoms with van der Waals surface area (Å²) in [7, 11) is 5.19. The number of hydrogen-bond acceptors (Lipinski definition) is 4. The van der Waals surface area contributed by atoms with Gasteiger partial charge in [0.15, 0.2) is 0 Å². The van der Waals surface area contributed by atoms with Gasteiger partial charge >= 0.3 is 0 Å². The van der Waals surface area contributed by atoms with Crippen molar-refractivity contribution in [1.29, 1.82) is 0 Å². The van der Waals surface area contributed by atoms with Crippen LogP contribution in [0.3, 0.4) is 0 Å². The molecular weight excluding hydrogens is 266 g/mol. The lowest BCUT2D eigenvalue weighted by Crippen LogP contribution is -2.09. The summed E-state index contributed by atoms with van der Waals surface area (Å²) in [6.07, 6.45) is 0. The standard InChI is InChI=1S/C17H21NO3/c1-18-11-13-6-4-5-7-14(13)12-21-17-9-15(19-2)8-16(10-17)20-3/h4-10,18H,11-12H2,1-3H3. The Morgan fingerprint density at radius 3 is 2.00 bits per heavy atom. The van der Waals surface area contributed by atoms with Crippen molar-refractivity contribution in [3.05, 3.63) is 53.6 Å². The SMILES string of the molecule is CNCc1ccccc1COc1cc(OC)cc(OC)c1. The topological polar surface area (TPSA) is 39.7 Å². The predicted molar refractivity (Wildman–Crippen MR) is 83.1 cm³/mol. The summed E-state index contributed by atoms with van der Waals surface area (Å²) in [4.78, 5) is 0. The molecule has 4 nitrogen and oxygen atoms in total. The molecule has 0 bridgehead atoms. The summed E-state index contributed by atoms with van der Waals surface area (Å²) in [5.74, 6) is 2.16. The van der Waals surface area contributed by atoms with Crippen LogP contribution in [-0.2, 0) is 13.2 Å². The molecule has 0 saturated heterocycles. The van der Waals surface area contributed by atoms with E-state index in [2.05, 4.69) is 17.4 Å². The largest absolute Gasteiger partial charge is 0.496 e. The summed E-state index contributed by atoms with van der Waals surface area (Å²) >= 11 is 0. The Morgan fingerprint density at radius 2 is 1.43 bits per heavy atom. The molecule has 0 aliphatic rings. The Labute approximate surface area is 125 Å². The van der Waals surface area contributed by atoms with E-state index in [4.69, 9.17) is 14.2 Å². The summed E-state index contributed by atoms with van der Waals surface area (Å²) in [6.45, 7) is 1.33. The third-order valence-electron chi connectivity index (χ3n) is 3.20. The van der Waals surface area contributed by atoms with E-state index in [1.54, 1.807) is 14.2 Å². The molecule has 0 unspecified atom stereocenters. The van der Waals surface area contributed by atoms with E-state index in [0.717, 1.165) is 17.9 Å². The van der Waals surface area contributed by atoms with Crippen LogP contribution >= 0.6 is 0 Å². The maximum Gasteiger partial charge on any atom is 0.127 e. The molecule has 112 valence electrons. The van der Waals surface area contributed by atoms with Crippen LogP contribution in [0.4, 0.5) is 0 Å². The van der Waals surface area contributed by atoms with Crippen molar-refractivity contribution in [2.45, 2.75) is 13.2 Å². The Hall–Kier alpha value is -2.20. The monoisotopic (exact) mass is 287 g/mol. The quantitative estimate of drug-likeness (QED) is 0.850. The summed E-state index contributed by atoms with van der Waals surface area (Å²) in [5.41, 5.74) is 2.39. The van der Waals surface area contributed by atoms with Gasteiger partial charge in [0, 0.05) is 24.7 Å². The summed E-state index contributed by atoms with van der Waals surface area (Å²) in [6, 6.07) is 13.7. The fourth-order valence-corrected chi connectivity index (χ4v) is 2.09. The fraction of sp³-hybridized carbons (Fsp3) is 0.294. The van der Waals surface area contributed by atoms with Crippen LogP contribution in [0.2, 0.25) is 0 Å². The van der Waals surface area contributed by atoms with Crippen molar-refractivity contribution in [2.24, 2.45) is 0 Å². The van der Waals surface area contributed by atoms with E-state index in [-0.39, 0.29) is 0 Å². The van der Waals surface area contributed by atoms with E-state index in [1.165, 1.54) is 5.56 Å². The molecular formula is C17H21NO3. The van der Waals surface area contributed by atoms with Gasteiger partial charge in [0.1, 0.15) is 23.9 Å². The second-order valence-electron chi connectivity index (χ2n) is 4.64. The minimum absolute atomic E-state index is 0.508. The van der Waals surface area contributed by atoms with Gasteiger partial charge in [-0.25, -0.2) is 0 Å². The molecule has 4 heteroatoms. The zero-order valence-electron chi connectivity index (χ0n) is 12.7. The molecule has 0 aliphatic carbocycles. The number of benzene rings is 2. The van der Waals surface area contributed by atoms with Crippen LogP contribution in [0.1, 0.15) is 11.1 Å². The molecule has 0 radical (unpaired) electrons. The van der Waals surface area contributed by atoms with Gasteiger partial charge in [0.2, 0.25) is 0 Å². The molecule has 1 N–H and O–H groups in total. The van der Waals surface area contributed by atoms with E-state index < -0.39 is 0 Å². The first-order valence-electron chi connectivity index (χ1n) is 6.84. The van der Waals surface area contributed by atoms with Gasteiger partial charge in [-0.3, -0.25) is 0 Å². The van der Waals surface area contributed by atoms with E-state index >= 15 is 0 Å². The first kappa shape index (κ1) is 15.2. The third kappa shape index (κ3) is 4.13. The molecule has 2 rings (SSSR count). The number of nitrogens with one attached hydrogen (secondary N) is 1. The number of hydrogen-bond donors (Lipinski definition) is 1. The molecule has 0 saturated carbocycles. The minimum Gasteiger partial charge on any atom is -0.496 e. The van der Waals surface area contributed by atoms with Crippen molar-refractivity contribution in [1.82, 2.24) is 5.32 Å². The van der Waals surface area contributed by atoms with Crippen molar-refractivity contribution < 1.29 is 14.2 Å². The van der Waals surface area contributed by atoms with Gasteiger partial charge in [-0.15, -0.1) is 0 Å². The van der Waals surface area contributed by atoms with Crippen LogP contribution in [0.15, 0.2) is 42.5 Å². The maximum absolute atomic E-state index is 5.88. The average molecular weight is 287 g/mol. The van der Waals surface area contributed by atoms with Gasteiger partial charge in [-0.1, -0.05) is 24.3 Å². The molecule has 0 aliphatic heterocycles. The molecule has 21 heavy (non-hydrogen) atoms. The molecule has 0 amide bonds. The van der Waals surface area contributed by atoms with Crippen molar-refractivity contribution in [3.8, 4) is 17.2 Å². The molecule has 0 fully saturated rings. The highest BCUT2D eigenvalue weighted by molar-refractivity contribution is 5.42. The van der Waals surface area contributed by atoms with Crippen LogP contribution in [-0.4, -0.2) is 21.3 Å². The van der Waals surface area contributed by atoms with Crippen molar-refractivity contribution >= 4 is 0 Å². The van der Waals surface area contributed by atoms with Gasteiger partial charge in [0.05, 0.1) is 14.2 Å². The minimum atomic E-state index is 0.508. The van der Waals surface area contributed by atoms with E-state index in [1.807, 2.05) is 37.4 Å². The molecule has 0 aromatic heterocycles. The van der Waals surface area contributed by atoms with Crippen LogP contribution in [0.5, 0.6) is 17.2 Å². The number of ether oxygens (including phenoxy) is 3. The predicted octanol–water partition coefficient (Wildman–Crippen LogP) is 3.00. The first-order valence-corrected chi connectivity index (χ1v) is 6.84. The van der Waals surface area contributed by atoms with Crippen molar-refractivity contribution in [2.75, 3.05) is 21.3 Å². The van der Waals surface area contributed by atoms with Gasteiger partial charge in [-0.2, -0.15) is 0 Å². The third-order valence-corrected chi connectivity index (χ3v) is 3.20. The molecule has 2 aromatic carbocycles. The van der Waals surface area contributed by atoms with Gasteiger partial charge in [0.25, 0.3) is 0 Å². The highest BCUT2D eigenvalue weighted by atomic mass is 16.5. The lowest BCUT2D eigenvalue weighted by atomic mass is 10.1. The zero-order valence-corrected chi connectivity index (χ0v) is 12.7. The van der Waals surface area contributed by atoms with Crippen LogP contribution < -0.4 is 19.5 Å². The zero-order chi connectivity index (χ0) is 15.1. The van der Waals surface area contributed by atoms with Gasteiger partial charge in [-0.05, 0) is 18.2 Å². The normalized spacial score (nSPS) is 10.2. The Kier molecular flexibility index (Phi) is 5.46. The van der Waals surface area contributed by atoms with Crippen LogP contribution in [0, 0.1) is 0 Å². The first-order chi connectivity index (χ1) is 10.3. The Bertz CT molecular complexity index is 562. The van der Waals surface area contributed by atoms with E-state index in [9.17, 15) is 0 Å². The number of methoxy groups -OCH3 is 2. The smallest absolute Gasteiger partial charge is 0.127 e. The highest BCUT2D eigenvalue weighted by Crippen LogP contribution is 2.28. The van der Waals surface area contributed by atoms with E-state index in [0.29, 0.717) is 18.1 Å². The Morgan fingerprint density at radius 1 is 0.857 bits per heavy atom. The fourth-order valence-electron chi connectivity index (χ4n) is 2.09. The molecule has 0 spiro atoms. The maximum atomic E-state index is 5.88. The lowest BCUT2D eigenvalue weighted by Gasteiger charge is -2.12. The Balaban J connectivity index is 2.12. The molecule has 0 heterocycles. The molecule has 0 atom stereocenters. The second kappa shape index (κ2) is 7.55. The average Bonchev–Trinajstić information content (AvgIpc) is 2.54. The van der Waals surface area contributed by atoms with Crippen molar-refractivity contribution in [3.63, 3.8) is 0 Å². The lowest BCUT2D eigenvalue weighted by molar-refractivity contribution is 0.299. The highest BCUT2D eigenvalue weighted by Gasteiger charge is 2.05. The van der Waals surface area contributed by atoms with Crippen LogP contribution in [0.25, 0.3) is 0 Å². The molecule has 2 aromatic rings. The summed E-state index contributed by atoms with van der Waals surface area (Å²) < 4.78 is 16.4. The summed E-state index contributed by atoms with van der Waals surface area (Å²) in [5, 5.41) is 3.16. The van der Waals surface area contributed by atoms with Gasteiger partial charge < -0.3 is 19.5 Å². The number of rotatable bonds is 7. The second-order valence-corrected chi connectivity index (χ2v) is 4.64.